The highest BCUT2D eigenvalue weighted by Gasteiger charge is 2.30. The molecule has 1 aromatic heterocycles. The minimum Gasteiger partial charge on any atom is -1.00 e. The maximum Gasteiger partial charge on any atom is 0.130 e. The number of aromatic nitrogens is 1. The second-order valence-electron chi connectivity index (χ2n) is 5.51. The maximum absolute atomic E-state index is 5.92. The molecular formula is C14H20Cl2N2S. The topological polar surface area (TPSA) is 17.3 Å². The lowest BCUT2D eigenvalue weighted by molar-refractivity contribution is -0.906. The molecule has 0 bridgehead atoms. The number of hydrogen-bond donors (Lipinski definition) is 1. The first-order valence-corrected chi connectivity index (χ1v) is 8.18. The van der Waals surface area contributed by atoms with Crippen molar-refractivity contribution in [1.29, 1.82) is 0 Å². The Kier molecular flexibility index (Phi) is 5.82. The Bertz CT molecular complexity index is 404. The van der Waals surface area contributed by atoms with E-state index in [1.54, 1.807) is 0 Å². The number of likely N-dealkylation sites (tertiary alicyclic amines) is 1. The van der Waals surface area contributed by atoms with Crippen LogP contribution in [0, 0.1) is 5.92 Å². The van der Waals surface area contributed by atoms with E-state index in [2.05, 4.69) is 11.1 Å². The van der Waals surface area contributed by atoms with Crippen LogP contribution < -0.4 is 17.3 Å². The molecule has 0 unspecified atom stereocenters. The van der Waals surface area contributed by atoms with Crippen molar-refractivity contribution in [3.05, 3.63) is 23.4 Å². The standard InChI is InChI=1S/C14H19ClN2S.ClH/c15-13-2-1-3-14(16-13)18-12-6-8-17(9-7-12)10-11-4-5-11;/h1-3,11-12H,4-10H2;1H. The number of pyridine rings is 1. The van der Waals surface area contributed by atoms with Gasteiger partial charge in [0.1, 0.15) is 5.15 Å². The average molecular weight is 319 g/mol. The average Bonchev–Trinajstić information content (AvgIpc) is 3.16. The van der Waals surface area contributed by atoms with Gasteiger partial charge in [0.15, 0.2) is 0 Å². The molecule has 3 rings (SSSR count). The molecule has 1 N–H and O–H groups in total. The van der Waals surface area contributed by atoms with E-state index in [4.69, 9.17) is 11.6 Å². The third kappa shape index (κ3) is 4.82. The number of halogens is 2. The third-order valence-electron chi connectivity index (χ3n) is 3.89. The molecule has 5 heteroatoms. The molecule has 0 amide bonds. The summed E-state index contributed by atoms with van der Waals surface area (Å²) in [4.78, 5) is 6.19. The summed E-state index contributed by atoms with van der Waals surface area (Å²) in [6.07, 6.45) is 5.60. The lowest BCUT2D eigenvalue weighted by atomic mass is 10.1. The van der Waals surface area contributed by atoms with Gasteiger partial charge in [-0.1, -0.05) is 17.7 Å². The zero-order valence-corrected chi connectivity index (χ0v) is 13.3. The van der Waals surface area contributed by atoms with Crippen LogP contribution in [0.15, 0.2) is 23.2 Å². The van der Waals surface area contributed by atoms with Crippen LogP contribution in [0.25, 0.3) is 0 Å². The number of nitrogens with zero attached hydrogens (tertiary/aromatic N) is 1. The molecule has 1 saturated carbocycles. The molecule has 2 heterocycles. The van der Waals surface area contributed by atoms with E-state index in [0.29, 0.717) is 5.15 Å². The first-order chi connectivity index (χ1) is 8.79. The SMILES string of the molecule is Clc1cccc(SC2CC[NH+](CC3CC3)CC2)n1.[Cl-]. The van der Waals surface area contributed by atoms with E-state index in [-0.39, 0.29) is 12.4 Å². The van der Waals surface area contributed by atoms with E-state index >= 15 is 0 Å². The highest BCUT2D eigenvalue weighted by molar-refractivity contribution is 7.99. The number of thioether (sulfide) groups is 1. The molecule has 0 aromatic carbocycles. The van der Waals surface area contributed by atoms with E-state index in [0.717, 1.165) is 16.2 Å². The van der Waals surface area contributed by atoms with Crippen molar-refractivity contribution in [3.63, 3.8) is 0 Å². The smallest absolute Gasteiger partial charge is 0.130 e. The summed E-state index contributed by atoms with van der Waals surface area (Å²) in [6.45, 7) is 4.11. The highest BCUT2D eigenvalue weighted by atomic mass is 35.5. The molecule has 106 valence electrons. The van der Waals surface area contributed by atoms with Crippen molar-refractivity contribution < 1.29 is 17.3 Å². The van der Waals surface area contributed by atoms with Crippen LogP contribution in [0.4, 0.5) is 0 Å². The first kappa shape index (κ1) is 15.4. The quantitative estimate of drug-likeness (QED) is 0.739. The van der Waals surface area contributed by atoms with Crippen molar-refractivity contribution >= 4 is 23.4 Å². The van der Waals surface area contributed by atoms with Crippen molar-refractivity contribution in [2.45, 2.75) is 36.0 Å². The fourth-order valence-corrected chi connectivity index (χ4v) is 4.01. The lowest BCUT2D eigenvalue weighted by Gasteiger charge is -2.28. The highest BCUT2D eigenvalue weighted by Crippen LogP contribution is 2.29. The minimum atomic E-state index is 0. The van der Waals surface area contributed by atoms with E-state index in [9.17, 15) is 0 Å². The van der Waals surface area contributed by atoms with Crippen LogP contribution in [0.2, 0.25) is 5.15 Å². The molecule has 2 nitrogen and oxygen atoms in total. The molecule has 2 fully saturated rings. The largest absolute Gasteiger partial charge is 1.00 e. The molecule has 0 atom stereocenters. The summed E-state index contributed by atoms with van der Waals surface area (Å²) in [5.41, 5.74) is 0. The van der Waals surface area contributed by atoms with Gasteiger partial charge in [-0.25, -0.2) is 4.98 Å². The zero-order valence-electron chi connectivity index (χ0n) is 10.9. The number of quaternary nitrogens is 1. The Morgan fingerprint density at radius 1 is 1.21 bits per heavy atom. The first-order valence-electron chi connectivity index (χ1n) is 6.92. The van der Waals surface area contributed by atoms with Gasteiger partial charge in [0.25, 0.3) is 0 Å². The fourth-order valence-electron chi connectivity index (χ4n) is 2.68. The van der Waals surface area contributed by atoms with Gasteiger partial charge in [-0.15, -0.1) is 11.8 Å². The van der Waals surface area contributed by atoms with Crippen molar-refractivity contribution in [2.24, 2.45) is 5.92 Å². The predicted octanol–water partition coefficient (Wildman–Crippen LogP) is -0.712. The monoisotopic (exact) mass is 318 g/mol. The summed E-state index contributed by atoms with van der Waals surface area (Å²) in [5, 5.41) is 2.42. The van der Waals surface area contributed by atoms with E-state index < -0.39 is 0 Å². The van der Waals surface area contributed by atoms with Crippen molar-refractivity contribution in [2.75, 3.05) is 19.6 Å². The van der Waals surface area contributed by atoms with Crippen LogP contribution in [-0.2, 0) is 0 Å². The molecule has 1 saturated heterocycles. The Labute approximate surface area is 130 Å². The molecule has 19 heavy (non-hydrogen) atoms. The summed E-state index contributed by atoms with van der Waals surface area (Å²) >= 11 is 7.83. The normalized spacial score (nSPS) is 26.8. The second kappa shape index (κ2) is 7.16. The Morgan fingerprint density at radius 3 is 2.58 bits per heavy atom. The van der Waals surface area contributed by atoms with E-state index in [1.165, 1.54) is 45.3 Å². The Balaban J connectivity index is 0.00000133. The van der Waals surface area contributed by atoms with Gasteiger partial charge in [-0.2, -0.15) is 0 Å². The summed E-state index contributed by atoms with van der Waals surface area (Å²) in [6, 6.07) is 5.90. The molecule has 1 aliphatic heterocycles. The van der Waals surface area contributed by atoms with Gasteiger partial charge < -0.3 is 17.3 Å². The summed E-state index contributed by atoms with van der Waals surface area (Å²) in [5.74, 6) is 1.05. The predicted molar refractivity (Wildman–Crippen MR) is 76.4 cm³/mol. The summed E-state index contributed by atoms with van der Waals surface area (Å²) in [7, 11) is 0. The maximum atomic E-state index is 5.92. The fraction of sp³-hybridized carbons (Fsp3) is 0.643. The van der Waals surface area contributed by atoms with Crippen molar-refractivity contribution in [3.8, 4) is 0 Å². The van der Waals surface area contributed by atoms with Crippen LogP contribution in [-0.4, -0.2) is 29.9 Å². The summed E-state index contributed by atoms with van der Waals surface area (Å²) < 4.78 is 0. The van der Waals surface area contributed by atoms with Crippen molar-refractivity contribution in [1.82, 2.24) is 4.98 Å². The number of rotatable bonds is 4. The molecule has 1 aromatic rings. The van der Waals surface area contributed by atoms with Crippen LogP contribution >= 0.6 is 23.4 Å². The molecular weight excluding hydrogens is 299 g/mol. The number of nitrogens with one attached hydrogen (secondary N) is 1. The Hall–Kier alpha value is 0.0400. The second-order valence-corrected chi connectivity index (χ2v) is 7.22. The van der Waals surface area contributed by atoms with Crippen LogP contribution in [0.3, 0.4) is 0 Å². The van der Waals surface area contributed by atoms with Gasteiger partial charge in [-0.05, 0) is 25.0 Å². The van der Waals surface area contributed by atoms with Gasteiger partial charge in [0.2, 0.25) is 0 Å². The van der Waals surface area contributed by atoms with Gasteiger partial charge >= 0.3 is 0 Å². The zero-order chi connectivity index (χ0) is 12.4. The molecule has 2 aliphatic rings. The lowest BCUT2D eigenvalue weighted by Crippen LogP contribution is -3.13. The molecule has 0 radical (unpaired) electrons. The van der Waals surface area contributed by atoms with Crippen LogP contribution in [0.1, 0.15) is 25.7 Å². The number of piperidine rings is 1. The van der Waals surface area contributed by atoms with Gasteiger partial charge in [0.05, 0.1) is 24.7 Å². The van der Waals surface area contributed by atoms with Crippen LogP contribution in [0.5, 0.6) is 0 Å². The molecule has 0 spiro atoms. The Morgan fingerprint density at radius 2 is 1.95 bits per heavy atom. The van der Waals surface area contributed by atoms with Gasteiger partial charge in [0, 0.05) is 24.0 Å². The molecule has 1 aliphatic carbocycles. The third-order valence-corrected chi connectivity index (χ3v) is 5.38. The minimum absolute atomic E-state index is 0. The van der Waals surface area contributed by atoms with E-state index in [1.807, 2.05) is 28.8 Å². The number of hydrogen-bond acceptors (Lipinski definition) is 2. The van der Waals surface area contributed by atoms with Gasteiger partial charge in [-0.3, -0.25) is 0 Å².